The smallest absolute Gasteiger partial charge is 0.119 e. The SMILES string of the molecule is OC(CCOc1ccccc1)Cc1cccc(Br)c1. The van der Waals surface area contributed by atoms with Crippen LogP contribution >= 0.6 is 15.9 Å². The van der Waals surface area contributed by atoms with Crippen LogP contribution in [0.1, 0.15) is 12.0 Å². The average Bonchev–Trinajstić information content (AvgIpc) is 2.40. The predicted molar refractivity (Wildman–Crippen MR) is 80.4 cm³/mol. The number of para-hydroxylation sites is 1. The van der Waals surface area contributed by atoms with E-state index >= 15 is 0 Å². The quantitative estimate of drug-likeness (QED) is 0.876. The van der Waals surface area contributed by atoms with Crippen molar-refractivity contribution in [2.24, 2.45) is 0 Å². The molecule has 0 saturated heterocycles. The minimum Gasteiger partial charge on any atom is -0.493 e. The number of rotatable bonds is 6. The molecule has 0 saturated carbocycles. The van der Waals surface area contributed by atoms with E-state index in [0.717, 1.165) is 15.8 Å². The minimum absolute atomic E-state index is 0.377. The van der Waals surface area contributed by atoms with Crippen LogP contribution in [0.3, 0.4) is 0 Å². The second-order valence-electron chi connectivity index (χ2n) is 4.44. The molecule has 1 N–H and O–H groups in total. The first kappa shape index (κ1) is 14.1. The van der Waals surface area contributed by atoms with E-state index < -0.39 is 0 Å². The van der Waals surface area contributed by atoms with Crippen molar-refractivity contribution >= 4 is 15.9 Å². The fraction of sp³-hybridized carbons (Fsp3) is 0.250. The van der Waals surface area contributed by atoms with Crippen molar-refractivity contribution < 1.29 is 9.84 Å². The first-order valence-electron chi connectivity index (χ1n) is 6.34. The minimum atomic E-state index is -0.377. The highest BCUT2D eigenvalue weighted by Gasteiger charge is 2.06. The van der Waals surface area contributed by atoms with E-state index in [1.54, 1.807) is 0 Å². The summed E-state index contributed by atoms with van der Waals surface area (Å²) in [7, 11) is 0. The topological polar surface area (TPSA) is 29.5 Å². The number of ether oxygens (including phenoxy) is 1. The third kappa shape index (κ3) is 5.05. The Hall–Kier alpha value is -1.32. The molecular weight excluding hydrogens is 304 g/mol. The van der Waals surface area contributed by atoms with Gasteiger partial charge in [0.05, 0.1) is 12.7 Å². The average molecular weight is 321 g/mol. The molecule has 2 rings (SSSR count). The van der Waals surface area contributed by atoms with Gasteiger partial charge < -0.3 is 9.84 Å². The molecule has 1 unspecified atom stereocenters. The number of hydrogen-bond acceptors (Lipinski definition) is 2. The van der Waals surface area contributed by atoms with Crippen molar-refractivity contribution in [2.45, 2.75) is 18.9 Å². The van der Waals surface area contributed by atoms with Crippen molar-refractivity contribution in [3.63, 3.8) is 0 Å². The van der Waals surface area contributed by atoms with Crippen LogP contribution in [0.25, 0.3) is 0 Å². The van der Waals surface area contributed by atoms with E-state index in [9.17, 15) is 5.11 Å². The predicted octanol–water partition coefficient (Wildman–Crippen LogP) is 3.82. The largest absolute Gasteiger partial charge is 0.493 e. The van der Waals surface area contributed by atoms with Gasteiger partial charge in [0.25, 0.3) is 0 Å². The maximum absolute atomic E-state index is 9.98. The molecule has 1 atom stereocenters. The summed E-state index contributed by atoms with van der Waals surface area (Å²) in [5.74, 6) is 0.845. The maximum atomic E-state index is 9.98. The summed E-state index contributed by atoms with van der Waals surface area (Å²) in [5, 5.41) is 9.98. The van der Waals surface area contributed by atoms with E-state index in [1.165, 1.54) is 0 Å². The maximum Gasteiger partial charge on any atom is 0.119 e. The number of hydrogen-bond donors (Lipinski definition) is 1. The van der Waals surface area contributed by atoms with Crippen molar-refractivity contribution in [1.29, 1.82) is 0 Å². The molecule has 0 aromatic heterocycles. The van der Waals surface area contributed by atoms with E-state index in [1.807, 2.05) is 54.6 Å². The van der Waals surface area contributed by atoms with Gasteiger partial charge in [-0.3, -0.25) is 0 Å². The molecular formula is C16H17BrO2. The van der Waals surface area contributed by atoms with Crippen LogP contribution in [0.5, 0.6) is 5.75 Å². The molecule has 19 heavy (non-hydrogen) atoms. The molecule has 2 aromatic carbocycles. The Labute approximate surface area is 122 Å². The van der Waals surface area contributed by atoms with Crippen LogP contribution in [-0.2, 0) is 6.42 Å². The van der Waals surface area contributed by atoms with Crippen LogP contribution in [0.4, 0.5) is 0 Å². The van der Waals surface area contributed by atoms with Crippen LogP contribution in [0, 0.1) is 0 Å². The van der Waals surface area contributed by atoms with Gasteiger partial charge in [-0.05, 0) is 36.2 Å². The summed E-state index contributed by atoms with van der Waals surface area (Å²) in [6.45, 7) is 0.527. The molecule has 0 radical (unpaired) electrons. The van der Waals surface area contributed by atoms with Gasteiger partial charge in [0.2, 0.25) is 0 Å². The summed E-state index contributed by atoms with van der Waals surface area (Å²) in [6, 6.07) is 17.7. The molecule has 0 amide bonds. The van der Waals surface area contributed by atoms with Crippen molar-refractivity contribution in [3.05, 3.63) is 64.6 Å². The highest BCUT2D eigenvalue weighted by molar-refractivity contribution is 9.10. The van der Waals surface area contributed by atoms with Gasteiger partial charge in [-0.25, -0.2) is 0 Å². The lowest BCUT2D eigenvalue weighted by atomic mass is 10.1. The van der Waals surface area contributed by atoms with Crippen LogP contribution in [-0.4, -0.2) is 17.8 Å². The Morgan fingerprint density at radius 3 is 2.58 bits per heavy atom. The van der Waals surface area contributed by atoms with Gasteiger partial charge in [0.15, 0.2) is 0 Å². The molecule has 0 aliphatic heterocycles. The lowest BCUT2D eigenvalue weighted by Gasteiger charge is -2.12. The van der Waals surface area contributed by atoms with Gasteiger partial charge in [-0.1, -0.05) is 46.3 Å². The number of aliphatic hydroxyl groups excluding tert-OH is 1. The highest BCUT2D eigenvalue weighted by Crippen LogP contribution is 2.14. The molecule has 2 aromatic rings. The number of benzene rings is 2. The van der Waals surface area contributed by atoms with Crippen molar-refractivity contribution in [1.82, 2.24) is 0 Å². The Kier molecular flexibility index (Phi) is 5.43. The number of aliphatic hydroxyl groups is 1. The zero-order valence-corrected chi connectivity index (χ0v) is 12.2. The van der Waals surface area contributed by atoms with Gasteiger partial charge in [-0.15, -0.1) is 0 Å². The highest BCUT2D eigenvalue weighted by atomic mass is 79.9. The second kappa shape index (κ2) is 7.31. The summed E-state index contributed by atoms with van der Waals surface area (Å²) >= 11 is 3.43. The van der Waals surface area contributed by atoms with Crippen LogP contribution in [0.15, 0.2) is 59.1 Å². The van der Waals surface area contributed by atoms with E-state index in [-0.39, 0.29) is 6.10 Å². The molecule has 0 spiro atoms. The Balaban J connectivity index is 1.74. The normalized spacial score (nSPS) is 12.1. The third-order valence-electron chi connectivity index (χ3n) is 2.82. The van der Waals surface area contributed by atoms with Crippen molar-refractivity contribution in [2.75, 3.05) is 6.61 Å². The summed E-state index contributed by atoms with van der Waals surface area (Å²) in [4.78, 5) is 0. The second-order valence-corrected chi connectivity index (χ2v) is 5.35. The third-order valence-corrected chi connectivity index (χ3v) is 3.32. The fourth-order valence-corrected chi connectivity index (χ4v) is 2.31. The zero-order chi connectivity index (χ0) is 13.5. The molecule has 0 fully saturated rings. The van der Waals surface area contributed by atoms with Crippen LogP contribution in [0.2, 0.25) is 0 Å². The monoisotopic (exact) mass is 320 g/mol. The standard InChI is InChI=1S/C16H17BrO2/c17-14-6-4-5-13(11-14)12-15(18)9-10-19-16-7-2-1-3-8-16/h1-8,11,15,18H,9-10,12H2. The van der Waals surface area contributed by atoms with Crippen LogP contribution < -0.4 is 4.74 Å². The Morgan fingerprint density at radius 2 is 1.84 bits per heavy atom. The lowest BCUT2D eigenvalue weighted by Crippen LogP contribution is -2.14. The van der Waals surface area contributed by atoms with E-state index in [4.69, 9.17) is 4.74 Å². The Morgan fingerprint density at radius 1 is 1.05 bits per heavy atom. The lowest BCUT2D eigenvalue weighted by molar-refractivity contribution is 0.139. The Bertz CT molecular complexity index is 499. The molecule has 3 heteroatoms. The van der Waals surface area contributed by atoms with Gasteiger partial charge in [0.1, 0.15) is 5.75 Å². The van der Waals surface area contributed by atoms with Crippen molar-refractivity contribution in [3.8, 4) is 5.75 Å². The molecule has 0 aliphatic rings. The molecule has 2 nitrogen and oxygen atoms in total. The van der Waals surface area contributed by atoms with Gasteiger partial charge in [-0.2, -0.15) is 0 Å². The molecule has 100 valence electrons. The van der Waals surface area contributed by atoms with Gasteiger partial charge in [0, 0.05) is 10.9 Å². The van der Waals surface area contributed by atoms with E-state index in [0.29, 0.717) is 19.4 Å². The first-order valence-corrected chi connectivity index (χ1v) is 7.14. The summed E-state index contributed by atoms with van der Waals surface area (Å²) < 4.78 is 6.61. The van der Waals surface area contributed by atoms with Gasteiger partial charge >= 0.3 is 0 Å². The molecule has 0 heterocycles. The summed E-state index contributed by atoms with van der Waals surface area (Å²) in [5.41, 5.74) is 1.13. The first-order chi connectivity index (χ1) is 9.24. The zero-order valence-electron chi connectivity index (χ0n) is 10.6. The summed E-state index contributed by atoms with van der Waals surface area (Å²) in [6.07, 6.45) is 0.900. The molecule has 0 aliphatic carbocycles. The number of halogens is 1. The fourth-order valence-electron chi connectivity index (χ4n) is 1.87. The molecule has 0 bridgehead atoms. The van der Waals surface area contributed by atoms with E-state index in [2.05, 4.69) is 15.9 Å².